The van der Waals surface area contributed by atoms with Gasteiger partial charge in [-0.05, 0) is 31.2 Å². The Morgan fingerprint density at radius 3 is 2.78 bits per heavy atom. The van der Waals surface area contributed by atoms with E-state index in [0.29, 0.717) is 24.3 Å². The number of carbonyl (C=O) groups is 2. The highest BCUT2D eigenvalue weighted by Crippen LogP contribution is 2.31. The van der Waals surface area contributed by atoms with E-state index in [9.17, 15) is 9.59 Å². The zero-order valence-electron chi connectivity index (χ0n) is 10.2. The van der Waals surface area contributed by atoms with Gasteiger partial charge in [0, 0.05) is 17.6 Å². The number of benzene rings is 1. The number of nitrogens with one attached hydrogen (secondary N) is 1. The van der Waals surface area contributed by atoms with Crippen LogP contribution in [0.3, 0.4) is 0 Å². The van der Waals surface area contributed by atoms with Crippen molar-refractivity contribution in [3.8, 4) is 0 Å². The average molecular weight is 311 g/mol. The third kappa shape index (κ3) is 2.47. The van der Waals surface area contributed by atoms with Crippen molar-refractivity contribution in [3.63, 3.8) is 0 Å². The van der Waals surface area contributed by atoms with Crippen molar-refractivity contribution < 1.29 is 9.59 Å². The van der Waals surface area contributed by atoms with E-state index in [2.05, 4.69) is 28.2 Å². The van der Waals surface area contributed by atoms with Crippen LogP contribution < -0.4 is 10.2 Å². The van der Waals surface area contributed by atoms with E-state index in [1.165, 1.54) is 0 Å². The van der Waals surface area contributed by atoms with Gasteiger partial charge in [0.15, 0.2) is 0 Å². The summed E-state index contributed by atoms with van der Waals surface area (Å²) in [5.41, 5.74) is 1.20. The summed E-state index contributed by atoms with van der Waals surface area (Å²) in [6.07, 6.45) is 1.05. The second-order valence-electron chi connectivity index (χ2n) is 4.20. The van der Waals surface area contributed by atoms with Crippen LogP contribution in [-0.2, 0) is 4.79 Å². The van der Waals surface area contributed by atoms with Crippen LogP contribution >= 0.6 is 15.9 Å². The van der Waals surface area contributed by atoms with Gasteiger partial charge >= 0.3 is 0 Å². The quantitative estimate of drug-likeness (QED) is 0.668. The molecular formula is C13H15BrN2O2. The second kappa shape index (κ2) is 5.63. The number of hydrogen-bond acceptors (Lipinski definition) is 3. The van der Waals surface area contributed by atoms with E-state index in [0.717, 1.165) is 17.4 Å². The molecule has 0 aliphatic carbocycles. The van der Waals surface area contributed by atoms with Gasteiger partial charge in [-0.1, -0.05) is 22.9 Å². The molecule has 4 nitrogen and oxygen atoms in total. The summed E-state index contributed by atoms with van der Waals surface area (Å²) < 4.78 is 0.871. The maximum Gasteiger partial charge on any atom is 0.299 e. The van der Waals surface area contributed by atoms with Crippen LogP contribution in [-0.4, -0.2) is 31.3 Å². The molecule has 1 N–H and O–H groups in total. The molecule has 0 atom stereocenters. The summed E-state index contributed by atoms with van der Waals surface area (Å²) >= 11 is 3.36. The van der Waals surface area contributed by atoms with E-state index in [1.54, 1.807) is 17.0 Å². The van der Waals surface area contributed by atoms with E-state index in [4.69, 9.17) is 0 Å². The van der Waals surface area contributed by atoms with E-state index in [1.807, 2.05) is 6.07 Å². The first-order valence-electron chi connectivity index (χ1n) is 6.01. The van der Waals surface area contributed by atoms with Crippen LogP contribution in [0.25, 0.3) is 0 Å². The molecule has 1 aromatic carbocycles. The van der Waals surface area contributed by atoms with Gasteiger partial charge in [-0.25, -0.2) is 0 Å². The maximum atomic E-state index is 11.9. The van der Waals surface area contributed by atoms with Gasteiger partial charge in [-0.15, -0.1) is 0 Å². The summed E-state index contributed by atoms with van der Waals surface area (Å²) in [5, 5.41) is 3.23. The third-order valence-electron chi connectivity index (χ3n) is 2.87. The van der Waals surface area contributed by atoms with Crippen molar-refractivity contribution in [3.05, 3.63) is 28.2 Å². The van der Waals surface area contributed by atoms with Crippen molar-refractivity contribution in [1.82, 2.24) is 5.32 Å². The van der Waals surface area contributed by atoms with Crippen LogP contribution in [0.4, 0.5) is 5.69 Å². The molecule has 0 saturated carbocycles. The van der Waals surface area contributed by atoms with Gasteiger partial charge in [-0.2, -0.15) is 0 Å². The minimum atomic E-state index is -0.429. The molecule has 96 valence electrons. The molecule has 0 unspecified atom stereocenters. The molecule has 0 radical (unpaired) electrons. The lowest BCUT2D eigenvalue weighted by Crippen LogP contribution is -2.36. The van der Waals surface area contributed by atoms with Gasteiger partial charge < -0.3 is 10.2 Å². The Kier molecular flexibility index (Phi) is 4.14. The number of rotatable bonds is 5. The molecule has 0 saturated heterocycles. The van der Waals surface area contributed by atoms with Gasteiger partial charge in [0.1, 0.15) is 0 Å². The van der Waals surface area contributed by atoms with Crippen LogP contribution in [0.2, 0.25) is 0 Å². The fraction of sp³-hybridized carbons (Fsp3) is 0.385. The Balaban J connectivity index is 2.14. The number of carbonyl (C=O) groups excluding carboxylic acids is 2. The number of ketones is 1. The number of Topliss-reactive ketones (excluding diaryl/α,β-unsaturated/α-hetero) is 1. The van der Waals surface area contributed by atoms with Crippen molar-refractivity contribution in [2.75, 3.05) is 24.5 Å². The van der Waals surface area contributed by atoms with Crippen molar-refractivity contribution in [1.29, 1.82) is 0 Å². The Morgan fingerprint density at radius 2 is 2.06 bits per heavy atom. The number of amides is 1. The lowest BCUT2D eigenvalue weighted by atomic mass is 10.1. The molecule has 1 aliphatic rings. The van der Waals surface area contributed by atoms with E-state index in [-0.39, 0.29) is 0 Å². The highest BCUT2D eigenvalue weighted by Gasteiger charge is 2.35. The van der Waals surface area contributed by atoms with Crippen molar-refractivity contribution >= 4 is 33.3 Å². The summed E-state index contributed by atoms with van der Waals surface area (Å²) in [5.74, 6) is -0.839. The first kappa shape index (κ1) is 13.2. The van der Waals surface area contributed by atoms with Crippen LogP contribution in [0.5, 0.6) is 0 Å². The smallest absolute Gasteiger partial charge is 0.299 e. The number of nitrogens with zero attached hydrogens (tertiary/aromatic N) is 1. The lowest BCUT2D eigenvalue weighted by Gasteiger charge is -2.16. The largest absolute Gasteiger partial charge is 0.315 e. The van der Waals surface area contributed by atoms with Gasteiger partial charge in [-0.3, -0.25) is 9.59 Å². The highest BCUT2D eigenvalue weighted by molar-refractivity contribution is 9.10. The Labute approximate surface area is 114 Å². The molecule has 0 bridgehead atoms. The molecule has 1 amide bonds. The standard InChI is InChI=1S/C13H15BrN2O2/c1-2-5-15-6-7-16-11-8-9(14)3-4-10(11)12(17)13(16)18/h3-4,8,15H,2,5-7H2,1H3. The van der Waals surface area contributed by atoms with Gasteiger partial charge in [0.05, 0.1) is 11.3 Å². The maximum absolute atomic E-state index is 11.9. The summed E-state index contributed by atoms with van der Waals surface area (Å²) in [6.45, 7) is 4.22. The molecule has 1 aliphatic heterocycles. The molecule has 1 aromatic rings. The first-order chi connectivity index (χ1) is 8.65. The summed E-state index contributed by atoms with van der Waals surface area (Å²) in [6, 6.07) is 5.29. The zero-order chi connectivity index (χ0) is 13.1. The zero-order valence-corrected chi connectivity index (χ0v) is 11.8. The highest BCUT2D eigenvalue weighted by atomic mass is 79.9. The van der Waals surface area contributed by atoms with E-state index >= 15 is 0 Å². The van der Waals surface area contributed by atoms with Crippen LogP contribution in [0, 0.1) is 0 Å². The first-order valence-corrected chi connectivity index (χ1v) is 6.81. The monoisotopic (exact) mass is 310 g/mol. The lowest BCUT2D eigenvalue weighted by molar-refractivity contribution is -0.114. The molecule has 0 spiro atoms. The van der Waals surface area contributed by atoms with Crippen LogP contribution in [0.1, 0.15) is 23.7 Å². The van der Waals surface area contributed by atoms with Gasteiger partial charge in [0.25, 0.3) is 11.7 Å². The molecule has 2 rings (SSSR count). The molecule has 5 heteroatoms. The number of fused-ring (bicyclic) bond motifs is 1. The van der Waals surface area contributed by atoms with Crippen LogP contribution in [0.15, 0.2) is 22.7 Å². The normalized spacial score (nSPS) is 14.2. The number of halogens is 1. The summed E-state index contributed by atoms with van der Waals surface area (Å²) in [4.78, 5) is 25.2. The molecule has 0 aromatic heterocycles. The van der Waals surface area contributed by atoms with Crippen molar-refractivity contribution in [2.45, 2.75) is 13.3 Å². The molecule has 1 heterocycles. The Hall–Kier alpha value is -1.20. The number of anilines is 1. The Bertz CT molecular complexity index is 488. The third-order valence-corrected chi connectivity index (χ3v) is 3.37. The van der Waals surface area contributed by atoms with Crippen molar-refractivity contribution in [2.24, 2.45) is 0 Å². The SMILES string of the molecule is CCCNCCN1C(=O)C(=O)c2ccc(Br)cc21. The summed E-state index contributed by atoms with van der Waals surface area (Å²) in [7, 11) is 0. The number of hydrogen-bond donors (Lipinski definition) is 1. The fourth-order valence-corrected chi connectivity index (χ4v) is 2.33. The predicted octanol–water partition coefficient (Wildman–Crippen LogP) is 1.98. The predicted molar refractivity (Wildman–Crippen MR) is 74.0 cm³/mol. The minimum absolute atomic E-state index is 0.409. The minimum Gasteiger partial charge on any atom is -0.315 e. The average Bonchev–Trinajstić information content (AvgIpc) is 2.59. The van der Waals surface area contributed by atoms with Gasteiger partial charge in [0.2, 0.25) is 0 Å². The topological polar surface area (TPSA) is 49.4 Å². The second-order valence-corrected chi connectivity index (χ2v) is 5.11. The molecule has 0 fully saturated rings. The molecule has 18 heavy (non-hydrogen) atoms. The Morgan fingerprint density at radius 1 is 1.28 bits per heavy atom. The van der Waals surface area contributed by atoms with E-state index < -0.39 is 11.7 Å². The molecular weight excluding hydrogens is 296 g/mol. The fourth-order valence-electron chi connectivity index (χ4n) is 1.98.